The van der Waals surface area contributed by atoms with Gasteiger partial charge in [-0.25, -0.2) is 0 Å². The summed E-state index contributed by atoms with van der Waals surface area (Å²) < 4.78 is 10.4. The summed E-state index contributed by atoms with van der Waals surface area (Å²) >= 11 is 0. The Hall–Kier alpha value is -1.75. The van der Waals surface area contributed by atoms with Crippen molar-refractivity contribution in [1.82, 2.24) is 4.90 Å². The maximum atomic E-state index is 11.1. The minimum Gasteiger partial charge on any atom is -0.493 e. The van der Waals surface area contributed by atoms with E-state index in [0.29, 0.717) is 18.0 Å². The van der Waals surface area contributed by atoms with Crippen molar-refractivity contribution < 1.29 is 14.3 Å². The fourth-order valence-corrected chi connectivity index (χ4v) is 1.62. The summed E-state index contributed by atoms with van der Waals surface area (Å²) in [6.07, 6.45) is 0. The van der Waals surface area contributed by atoms with Gasteiger partial charge in [0.2, 0.25) is 5.91 Å². The van der Waals surface area contributed by atoms with Crippen LogP contribution in [0.4, 0.5) is 0 Å². The van der Waals surface area contributed by atoms with Gasteiger partial charge in [-0.2, -0.15) is 0 Å². The van der Waals surface area contributed by atoms with Gasteiger partial charge in [0.1, 0.15) is 0 Å². The average Bonchev–Trinajstić information content (AvgIpc) is 2.37. The summed E-state index contributed by atoms with van der Waals surface area (Å²) in [5.74, 6) is 1.03. The molecule has 0 bridgehead atoms. The lowest BCUT2D eigenvalue weighted by atomic mass is 10.1. The van der Waals surface area contributed by atoms with Crippen LogP contribution in [-0.4, -0.2) is 38.1 Å². The van der Waals surface area contributed by atoms with Gasteiger partial charge in [-0.3, -0.25) is 9.69 Å². The van der Waals surface area contributed by atoms with E-state index in [2.05, 4.69) is 0 Å². The molecule has 2 N–H and O–H groups in total. The first-order valence-electron chi connectivity index (χ1n) is 5.70. The molecule has 0 aliphatic rings. The molecule has 1 amide bonds. The van der Waals surface area contributed by atoms with Crippen molar-refractivity contribution in [3.63, 3.8) is 0 Å². The van der Waals surface area contributed by atoms with Gasteiger partial charge in [-0.15, -0.1) is 0 Å². The number of carbonyl (C=O) groups is 1. The molecular formula is C13H20N2O3. The van der Waals surface area contributed by atoms with Crippen LogP contribution in [-0.2, 0) is 11.3 Å². The second-order valence-electron chi connectivity index (χ2n) is 4.18. The van der Waals surface area contributed by atoms with Crippen molar-refractivity contribution in [3.8, 4) is 11.5 Å². The zero-order valence-corrected chi connectivity index (χ0v) is 11.3. The highest BCUT2D eigenvalue weighted by Gasteiger charge is 2.15. The molecule has 0 saturated carbocycles. The molecule has 0 aliphatic carbocycles. The molecule has 1 aromatic carbocycles. The van der Waals surface area contributed by atoms with Gasteiger partial charge in [0.25, 0.3) is 0 Å². The van der Waals surface area contributed by atoms with Crippen molar-refractivity contribution >= 4 is 5.91 Å². The molecule has 0 radical (unpaired) electrons. The average molecular weight is 252 g/mol. The molecule has 0 spiro atoms. The van der Waals surface area contributed by atoms with Crippen LogP contribution in [0.3, 0.4) is 0 Å². The van der Waals surface area contributed by atoms with E-state index < -0.39 is 0 Å². The number of nitrogens with two attached hydrogens (primary N) is 1. The number of likely N-dealkylation sites (N-methyl/N-ethyl adjacent to an activating group) is 1. The molecule has 0 aromatic heterocycles. The SMILES string of the molecule is COc1ccc(CN(C)[C@H](C)C(N)=O)cc1OC. The summed E-state index contributed by atoms with van der Waals surface area (Å²) in [5, 5.41) is 0. The van der Waals surface area contributed by atoms with E-state index in [4.69, 9.17) is 15.2 Å². The van der Waals surface area contributed by atoms with E-state index in [0.717, 1.165) is 5.56 Å². The quantitative estimate of drug-likeness (QED) is 0.820. The highest BCUT2D eigenvalue weighted by Crippen LogP contribution is 2.28. The number of rotatable bonds is 6. The summed E-state index contributed by atoms with van der Waals surface area (Å²) in [4.78, 5) is 13.0. The predicted molar refractivity (Wildman–Crippen MR) is 69.7 cm³/mol. The molecule has 18 heavy (non-hydrogen) atoms. The van der Waals surface area contributed by atoms with Crippen molar-refractivity contribution in [2.45, 2.75) is 19.5 Å². The second kappa shape index (κ2) is 6.26. The molecule has 0 saturated heterocycles. The molecule has 5 nitrogen and oxygen atoms in total. The zero-order valence-electron chi connectivity index (χ0n) is 11.3. The number of hydrogen-bond donors (Lipinski definition) is 1. The van der Waals surface area contributed by atoms with E-state index in [1.54, 1.807) is 21.1 Å². The summed E-state index contributed by atoms with van der Waals surface area (Å²) in [5.41, 5.74) is 6.30. The van der Waals surface area contributed by atoms with E-state index >= 15 is 0 Å². The number of carbonyl (C=O) groups excluding carboxylic acids is 1. The Morgan fingerprint density at radius 2 is 1.94 bits per heavy atom. The number of nitrogens with zero attached hydrogens (tertiary/aromatic N) is 1. The van der Waals surface area contributed by atoms with Gasteiger partial charge in [0.05, 0.1) is 20.3 Å². The molecule has 1 aromatic rings. The van der Waals surface area contributed by atoms with Gasteiger partial charge in [0, 0.05) is 6.54 Å². The smallest absolute Gasteiger partial charge is 0.234 e. The van der Waals surface area contributed by atoms with Crippen LogP contribution in [0, 0.1) is 0 Å². The molecule has 100 valence electrons. The number of benzene rings is 1. The van der Waals surface area contributed by atoms with Crippen LogP contribution < -0.4 is 15.2 Å². The fourth-order valence-electron chi connectivity index (χ4n) is 1.62. The first-order chi connectivity index (χ1) is 8.49. The monoisotopic (exact) mass is 252 g/mol. The first-order valence-corrected chi connectivity index (χ1v) is 5.70. The fraction of sp³-hybridized carbons (Fsp3) is 0.462. The third-order valence-corrected chi connectivity index (χ3v) is 2.95. The van der Waals surface area contributed by atoms with Gasteiger partial charge in [0.15, 0.2) is 11.5 Å². The zero-order chi connectivity index (χ0) is 13.7. The Kier molecular flexibility index (Phi) is 4.97. The molecule has 0 aliphatic heterocycles. The molecule has 5 heteroatoms. The standard InChI is InChI=1S/C13H20N2O3/c1-9(13(14)16)15(2)8-10-5-6-11(17-3)12(7-10)18-4/h5-7,9H,8H2,1-4H3,(H2,14,16)/t9-/m1/s1. The molecular weight excluding hydrogens is 232 g/mol. The van der Waals surface area contributed by atoms with Crippen LogP contribution in [0.25, 0.3) is 0 Å². The molecule has 1 rings (SSSR count). The topological polar surface area (TPSA) is 64.8 Å². The lowest BCUT2D eigenvalue weighted by Crippen LogP contribution is -2.39. The molecule has 0 heterocycles. The van der Waals surface area contributed by atoms with Gasteiger partial charge in [-0.05, 0) is 31.7 Å². The highest BCUT2D eigenvalue weighted by atomic mass is 16.5. The lowest BCUT2D eigenvalue weighted by molar-refractivity contribution is -0.122. The molecule has 1 atom stereocenters. The number of hydrogen-bond acceptors (Lipinski definition) is 4. The van der Waals surface area contributed by atoms with Crippen LogP contribution in [0.1, 0.15) is 12.5 Å². The van der Waals surface area contributed by atoms with Gasteiger partial charge >= 0.3 is 0 Å². The second-order valence-corrected chi connectivity index (χ2v) is 4.18. The normalized spacial score (nSPS) is 12.3. The lowest BCUT2D eigenvalue weighted by Gasteiger charge is -2.22. The summed E-state index contributed by atoms with van der Waals surface area (Å²) in [6.45, 7) is 2.40. The predicted octanol–water partition coefficient (Wildman–Crippen LogP) is 1.01. The van der Waals surface area contributed by atoms with E-state index in [1.807, 2.05) is 30.1 Å². The van der Waals surface area contributed by atoms with E-state index in [9.17, 15) is 4.79 Å². The maximum absolute atomic E-state index is 11.1. The van der Waals surface area contributed by atoms with Crippen LogP contribution in [0.5, 0.6) is 11.5 Å². The number of amides is 1. The molecule has 0 unspecified atom stereocenters. The van der Waals surface area contributed by atoms with Crippen molar-refractivity contribution in [1.29, 1.82) is 0 Å². The maximum Gasteiger partial charge on any atom is 0.234 e. The largest absolute Gasteiger partial charge is 0.493 e. The first kappa shape index (κ1) is 14.3. The number of ether oxygens (including phenoxy) is 2. The minimum atomic E-state index is -0.335. The Morgan fingerprint density at radius 3 is 2.44 bits per heavy atom. The van der Waals surface area contributed by atoms with Crippen molar-refractivity contribution in [3.05, 3.63) is 23.8 Å². The van der Waals surface area contributed by atoms with Crippen LogP contribution >= 0.6 is 0 Å². The third-order valence-electron chi connectivity index (χ3n) is 2.95. The Labute approximate surface area is 107 Å². The third kappa shape index (κ3) is 3.37. The van der Waals surface area contributed by atoms with Crippen molar-refractivity contribution in [2.75, 3.05) is 21.3 Å². The number of methoxy groups -OCH3 is 2. The van der Waals surface area contributed by atoms with E-state index in [-0.39, 0.29) is 11.9 Å². The number of primary amides is 1. The summed E-state index contributed by atoms with van der Waals surface area (Å²) in [6, 6.07) is 5.36. The van der Waals surface area contributed by atoms with Gasteiger partial charge < -0.3 is 15.2 Å². The molecule has 0 fully saturated rings. The van der Waals surface area contributed by atoms with Gasteiger partial charge in [-0.1, -0.05) is 6.07 Å². The van der Waals surface area contributed by atoms with E-state index in [1.165, 1.54) is 0 Å². The minimum absolute atomic E-state index is 0.307. The Balaban J connectivity index is 2.82. The highest BCUT2D eigenvalue weighted by molar-refractivity contribution is 5.79. The Bertz CT molecular complexity index is 421. The van der Waals surface area contributed by atoms with Crippen LogP contribution in [0.2, 0.25) is 0 Å². The summed E-state index contributed by atoms with van der Waals surface area (Å²) in [7, 11) is 5.04. The Morgan fingerprint density at radius 1 is 1.33 bits per heavy atom. The van der Waals surface area contributed by atoms with Crippen LogP contribution in [0.15, 0.2) is 18.2 Å². The van der Waals surface area contributed by atoms with Crippen molar-refractivity contribution in [2.24, 2.45) is 5.73 Å².